The van der Waals surface area contributed by atoms with Crippen molar-refractivity contribution < 1.29 is 21.6 Å². The zero-order chi connectivity index (χ0) is 26.0. The number of aryl methyl sites for hydroxylation is 1. The van der Waals surface area contributed by atoms with Crippen molar-refractivity contribution in [3.05, 3.63) is 81.8 Å². The van der Waals surface area contributed by atoms with E-state index >= 15 is 0 Å². The molecule has 0 bridgehead atoms. The van der Waals surface area contributed by atoms with Gasteiger partial charge in [0.05, 0.1) is 16.8 Å². The lowest BCUT2D eigenvalue weighted by atomic mass is 10.1. The van der Waals surface area contributed by atoms with E-state index in [0.717, 1.165) is 15.0 Å². The van der Waals surface area contributed by atoms with E-state index in [0.29, 0.717) is 27.6 Å². The highest BCUT2D eigenvalue weighted by molar-refractivity contribution is 9.10. The van der Waals surface area contributed by atoms with E-state index in [1.165, 1.54) is 37.3 Å². The molecule has 0 saturated carbocycles. The van der Waals surface area contributed by atoms with E-state index in [9.17, 15) is 21.6 Å². The minimum atomic E-state index is -3.84. The summed E-state index contributed by atoms with van der Waals surface area (Å²) in [5.74, 6) is -0.599. The number of amides is 1. The Balaban J connectivity index is 1.79. The number of halogens is 2. The lowest BCUT2D eigenvalue weighted by molar-refractivity contribution is -0.116. The zero-order valence-electron chi connectivity index (χ0n) is 19.0. The Morgan fingerprint density at radius 2 is 1.51 bits per heavy atom. The van der Waals surface area contributed by atoms with Crippen molar-refractivity contribution in [1.82, 2.24) is 0 Å². The fraction of sp³-hybridized carbons (Fsp3) is 0.174. The highest BCUT2D eigenvalue weighted by Gasteiger charge is 2.30. The van der Waals surface area contributed by atoms with E-state index in [1.807, 2.05) is 0 Å². The van der Waals surface area contributed by atoms with Crippen LogP contribution >= 0.6 is 27.5 Å². The molecule has 0 heterocycles. The molecule has 12 heteroatoms. The molecule has 186 valence electrons. The van der Waals surface area contributed by atoms with Crippen LogP contribution in [0.4, 0.5) is 17.1 Å². The lowest BCUT2D eigenvalue weighted by Crippen LogP contribution is -2.45. The third-order valence-electron chi connectivity index (χ3n) is 5.03. The van der Waals surface area contributed by atoms with Crippen molar-refractivity contribution in [2.24, 2.45) is 0 Å². The summed E-state index contributed by atoms with van der Waals surface area (Å²) < 4.78 is 54.7. The van der Waals surface area contributed by atoms with Gasteiger partial charge in [-0.3, -0.25) is 13.8 Å². The average Bonchev–Trinajstić information content (AvgIpc) is 2.77. The number of nitrogens with zero attached hydrogens (tertiary/aromatic N) is 1. The predicted octanol–water partition coefficient (Wildman–Crippen LogP) is 5.00. The Kier molecular flexibility index (Phi) is 8.15. The van der Waals surface area contributed by atoms with Gasteiger partial charge in [-0.1, -0.05) is 33.6 Å². The summed E-state index contributed by atoms with van der Waals surface area (Å²) in [6.45, 7) is 3.17. The second-order valence-corrected chi connectivity index (χ2v) is 12.7. The number of rotatable bonds is 8. The fourth-order valence-corrected chi connectivity index (χ4v) is 6.01. The van der Waals surface area contributed by atoms with E-state index in [1.54, 1.807) is 43.3 Å². The Hall–Kier alpha value is -2.60. The van der Waals surface area contributed by atoms with Crippen LogP contribution in [-0.4, -0.2) is 35.0 Å². The van der Waals surface area contributed by atoms with Crippen molar-refractivity contribution in [2.75, 3.05) is 20.6 Å². The second kappa shape index (κ2) is 10.6. The maximum Gasteiger partial charge on any atom is 0.261 e. The molecule has 3 aromatic rings. The Morgan fingerprint density at radius 1 is 0.943 bits per heavy atom. The number of benzene rings is 3. The number of carbonyl (C=O) groups excluding carboxylic acids is 1. The quantitative estimate of drug-likeness (QED) is 0.378. The molecule has 0 unspecified atom stereocenters. The molecule has 8 nitrogen and oxygen atoms in total. The van der Waals surface area contributed by atoms with E-state index < -0.39 is 32.0 Å². The smallest absolute Gasteiger partial charge is 0.261 e. The van der Waals surface area contributed by atoms with E-state index in [-0.39, 0.29) is 4.90 Å². The largest absolute Gasteiger partial charge is 0.324 e. The number of hydrogen-bond donors (Lipinski definition) is 2. The Morgan fingerprint density at radius 3 is 2.09 bits per heavy atom. The summed E-state index contributed by atoms with van der Waals surface area (Å²) >= 11 is 9.35. The van der Waals surface area contributed by atoms with Crippen molar-refractivity contribution in [3.8, 4) is 0 Å². The molecular weight excluding hydrogens is 578 g/mol. The highest BCUT2D eigenvalue weighted by Crippen LogP contribution is 2.29. The van der Waals surface area contributed by atoms with E-state index in [4.69, 9.17) is 11.6 Å². The molecule has 0 fully saturated rings. The van der Waals surface area contributed by atoms with Gasteiger partial charge in [-0.2, -0.15) is 0 Å². The topological polar surface area (TPSA) is 113 Å². The molecule has 35 heavy (non-hydrogen) atoms. The number of carbonyl (C=O) groups is 1. The number of nitrogens with one attached hydrogen (secondary N) is 2. The van der Waals surface area contributed by atoms with Crippen LogP contribution in [0.5, 0.6) is 0 Å². The molecule has 0 spiro atoms. The van der Waals surface area contributed by atoms with Gasteiger partial charge < -0.3 is 5.32 Å². The van der Waals surface area contributed by atoms with Crippen LogP contribution in [0.2, 0.25) is 5.02 Å². The second-order valence-electron chi connectivity index (χ2n) is 7.79. The lowest BCUT2D eigenvalue weighted by Gasteiger charge is -2.29. The molecule has 0 aliphatic rings. The summed E-state index contributed by atoms with van der Waals surface area (Å²) in [5, 5.41) is 2.97. The maximum absolute atomic E-state index is 12.9. The Labute approximate surface area is 218 Å². The summed E-state index contributed by atoms with van der Waals surface area (Å²) in [7, 11) is -7.67. The third-order valence-corrected chi connectivity index (χ3v) is 8.41. The van der Waals surface area contributed by atoms with Crippen molar-refractivity contribution >= 4 is 70.5 Å². The third kappa shape index (κ3) is 6.75. The van der Waals surface area contributed by atoms with Crippen molar-refractivity contribution in [3.63, 3.8) is 0 Å². The first-order valence-corrected chi connectivity index (χ1v) is 14.7. The number of anilines is 3. The first-order valence-electron chi connectivity index (χ1n) is 10.2. The first kappa shape index (κ1) is 27.0. The predicted molar refractivity (Wildman–Crippen MR) is 143 cm³/mol. The molecule has 2 N–H and O–H groups in total. The molecule has 0 aliphatic carbocycles. The van der Waals surface area contributed by atoms with Crippen LogP contribution in [0.25, 0.3) is 0 Å². The summed E-state index contributed by atoms with van der Waals surface area (Å²) in [6.07, 6.45) is 1.01. The standard InChI is InChI=1S/C23H23BrClN3O5S2/c1-15-4-7-18(25)14-22(15)28(34(3,30)31)16(2)23(29)26-19-10-12-21(13-11-19)35(32,33)27-20-8-5-17(24)6-9-20/h4-14,16,27H,1-3H3,(H,26,29)/t16-/m1/s1. The molecule has 0 aliphatic heterocycles. The van der Waals surface area contributed by atoms with Crippen LogP contribution < -0.4 is 14.3 Å². The summed E-state index contributed by atoms with van der Waals surface area (Å²) in [4.78, 5) is 12.9. The molecule has 0 radical (unpaired) electrons. The molecule has 1 atom stereocenters. The maximum atomic E-state index is 12.9. The SMILES string of the molecule is Cc1ccc(Cl)cc1N([C@H](C)C(=O)Nc1ccc(S(=O)(=O)Nc2ccc(Br)cc2)cc1)S(C)(=O)=O. The normalized spacial score (nSPS) is 12.6. The summed E-state index contributed by atoms with van der Waals surface area (Å²) in [5.41, 5.74) is 1.63. The van der Waals surface area contributed by atoms with Crippen LogP contribution in [0.1, 0.15) is 12.5 Å². The van der Waals surface area contributed by atoms with Gasteiger partial charge in [0, 0.05) is 20.9 Å². The van der Waals surface area contributed by atoms with Gasteiger partial charge in [0.1, 0.15) is 6.04 Å². The fourth-order valence-electron chi connectivity index (χ4n) is 3.30. The molecule has 0 saturated heterocycles. The minimum absolute atomic E-state index is 0.00113. The molecule has 3 aromatic carbocycles. The van der Waals surface area contributed by atoms with Gasteiger partial charge in [0.15, 0.2) is 0 Å². The zero-order valence-corrected chi connectivity index (χ0v) is 23.0. The van der Waals surface area contributed by atoms with Crippen LogP contribution in [0, 0.1) is 6.92 Å². The monoisotopic (exact) mass is 599 g/mol. The van der Waals surface area contributed by atoms with Crippen molar-refractivity contribution in [2.45, 2.75) is 24.8 Å². The number of hydrogen-bond acceptors (Lipinski definition) is 5. The van der Waals surface area contributed by atoms with Crippen molar-refractivity contribution in [1.29, 1.82) is 0 Å². The summed E-state index contributed by atoms with van der Waals surface area (Å²) in [6, 6.07) is 15.9. The van der Waals surface area contributed by atoms with Crippen LogP contribution in [0.3, 0.4) is 0 Å². The van der Waals surface area contributed by atoms with Gasteiger partial charge in [0.25, 0.3) is 10.0 Å². The van der Waals surface area contributed by atoms with Gasteiger partial charge in [0.2, 0.25) is 15.9 Å². The first-order chi connectivity index (χ1) is 16.3. The van der Waals surface area contributed by atoms with Gasteiger partial charge in [-0.15, -0.1) is 0 Å². The molecule has 3 rings (SSSR count). The van der Waals surface area contributed by atoms with Gasteiger partial charge in [-0.05, 0) is 80.1 Å². The molecule has 0 aromatic heterocycles. The van der Waals surface area contributed by atoms with E-state index in [2.05, 4.69) is 26.0 Å². The van der Waals surface area contributed by atoms with Crippen LogP contribution in [-0.2, 0) is 24.8 Å². The molecular formula is C23H23BrClN3O5S2. The Bertz CT molecular complexity index is 1450. The minimum Gasteiger partial charge on any atom is -0.324 e. The average molecular weight is 601 g/mol. The van der Waals surface area contributed by atoms with Gasteiger partial charge >= 0.3 is 0 Å². The van der Waals surface area contributed by atoms with Crippen LogP contribution in [0.15, 0.2) is 76.1 Å². The van der Waals surface area contributed by atoms with Gasteiger partial charge in [-0.25, -0.2) is 16.8 Å². The number of sulfonamides is 2. The molecule has 1 amide bonds. The highest BCUT2D eigenvalue weighted by atomic mass is 79.9.